The van der Waals surface area contributed by atoms with Crippen molar-refractivity contribution in [2.75, 3.05) is 0 Å². The van der Waals surface area contributed by atoms with Crippen LogP contribution in [-0.2, 0) is 26.4 Å². The van der Waals surface area contributed by atoms with Crippen molar-refractivity contribution in [1.82, 2.24) is 0 Å². The van der Waals surface area contributed by atoms with Crippen LogP contribution in [0.1, 0.15) is 31.4 Å². The maximum atomic E-state index is 2.52. The fourth-order valence-corrected chi connectivity index (χ4v) is 7.04. The molecule has 1 aromatic rings. The van der Waals surface area contributed by atoms with Gasteiger partial charge in [-0.05, 0) is 0 Å². The van der Waals surface area contributed by atoms with Gasteiger partial charge in [0.05, 0.1) is 0 Å². The van der Waals surface area contributed by atoms with Crippen LogP contribution in [0.3, 0.4) is 0 Å². The first-order valence-electron chi connectivity index (χ1n) is 6.12. The van der Waals surface area contributed by atoms with Crippen molar-refractivity contribution in [2.45, 2.75) is 23.4 Å². The summed E-state index contributed by atoms with van der Waals surface area (Å²) in [5.74, 6) is 0. The van der Waals surface area contributed by atoms with E-state index in [0.29, 0.717) is 3.12 Å². The van der Waals surface area contributed by atoms with Crippen LogP contribution < -0.4 is 24.8 Å². The summed E-state index contributed by atoms with van der Waals surface area (Å²) in [7, 11) is 0. The SMILES string of the molecule is CC1=C[C](C)([Zr+2][C]2=CC=CC2)c2ccccc21.[Cl-].[Cl-]. The second-order valence-electron chi connectivity index (χ2n) is 5.02. The predicted molar refractivity (Wildman–Crippen MR) is 69.3 cm³/mol. The monoisotopic (exact) mass is 368 g/mol. The molecule has 1 unspecified atom stereocenters. The van der Waals surface area contributed by atoms with Gasteiger partial charge in [-0.2, -0.15) is 0 Å². The molecule has 1 aromatic carbocycles. The zero-order chi connectivity index (χ0) is 11.9. The molecule has 0 heterocycles. The summed E-state index contributed by atoms with van der Waals surface area (Å²) in [4.78, 5) is 0. The minimum absolute atomic E-state index is 0. The van der Waals surface area contributed by atoms with Crippen LogP contribution in [-0.4, -0.2) is 0 Å². The van der Waals surface area contributed by atoms with Crippen molar-refractivity contribution in [2.24, 2.45) is 0 Å². The second kappa shape index (κ2) is 6.57. The Morgan fingerprint density at radius 1 is 1.16 bits per heavy atom. The van der Waals surface area contributed by atoms with Crippen LogP contribution >= 0.6 is 0 Å². The molecular weight excluding hydrogens is 354 g/mol. The summed E-state index contributed by atoms with van der Waals surface area (Å²) in [6.07, 6.45) is 10.6. The summed E-state index contributed by atoms with van der Waals surface area (Å²) in [5.41, 5.74) is 4.51. The van der Waals surface area contributed by atoms with Crippen molar-refractivity contribution in [1.29, 1.82) is 0 Å². The third kappa shape index (κ3) is 3.15. The van der Waals surface area contributed by atoms with Crippen molar-refractivity contribution in [3.8, 4) is 0 Å². The van der Waals surface area contributed by atoms with Gasteiger partial charge in [0.15, 0.2) is 0 Å². The molecule has 19 heavy (non-hydrogen) atoms. The third-order valence-corrected chi connectivity index (χ3v) is 7.60. The maximum absolute atomic E-state index is 2.52. The van der Waals surface area contributed by atoms with E-state index in [-0.39, 0.29) is 24.8 Å². The molecule has 0 amide bonds. The molecule has 3 heteroatoms. The van der Waals surface area contributed by atoms with E-state index in [9.17, 15) is 0 Å². The fourth-order valence-electron chi connectivity index (χ4n) is 2.85. The largest absolute Gasteiger partial charge is 1.00 e. The van der Waals surface area contributed by atoms with Gasteiger partial charge in [0, 0.05) is 0 Å². The van der Waals surface area contributed by atoms with Crippen LogP contribution in [0.4, 0.5) is 0 Å². The number of halogens is 2. The van der Waals surface area contributed by atoms with Gasteiger partial charge in [0.1, 0.15) is 0 Å². The Labute approximate surface area is 139 Å². The van der Waals surface area contributed by atoms with Crippen LogP contribution in [0.2, 0.25) is 0 Å². The van der Waals surface area contributed by atoms with Gasteiger partial charge in [-0.3, -0.25) is 0 Å². The number of hydrogen-bond acceptors (Lipinski definition) is 0. The Morgan fingerprint density at radius 2 is 1.89 bits per heavy atom. The van der Waals surface area contributed by atoms with E-state index in [1.54, 1.807) is 8.84 Å². The van der Waals surface area contributed by atoms with Crippen LogP contribution in [0, 0.1) is 0 Å². The number of hydrogen-bond donors (Lipinski definition) is 0. The van der Waals surface area contributed by atoms with Crippen molar-refractivity contribution >= 4 is 5.57 Å². The average molecular weight is 370 g/mol. The van der Waals surface area contributed by atoms with E-state index >= 15 is 0 Å². The quantitative estimate of drug-likeness (QED) is 0.580. The Hall–Kier alpha value is -0.0969. The van der Waals surface area contributed by atoms with E-state index in [2.05, 4.69) is 62.4 Å². The summed E-state index contributed by atoms with van der Waals surface area (Å²) >= 11 is -0.564. The molecule has 0 bridgehead atoms. The molecule has 1 atom stereocenters. The normalized spacial score (nSPS) is 22.6. The Kier molecular flexibility index (Phi) is 5.86. The molecule has 2 aliphatic rings. The topological polar surface area (TPSA) is 0 Å². The first-order chi connectivity index (χ1) is 8.19. The van der Waals surface area contributed by atoms with E-state index < -0.39 is 23.2 Å². The molecule has 0 N–H and O–H groups in total. The molecule has 0 saturated carbocycles. The van der Waals surface area contributed by atoms with Gasteiger partial charge in [-0.25, -0.2) is 0 Å². The van der Waals surface area contributed by atoms with Crippen molar-refractivity contribution in [3.05, 3.63) is 63.0 Å². The minimum atomic E-state index is -0.564. The molecule has 2 aliphatic carbocycles. The molecule has 0 nitrogen and oxygen atoms in total. The Morgan fingerprint density at radius 3 is 2.58 bits per heavy atom. The molecule has 98 valence electrons. The molecule has 0 saturated heterocycles. The molecule has 0 aliphatic heterocycles. The first kappa shape index (κ1) is 17.0. The van der Waals surface area contributed by atoms with E-state index in [1.807, 2.05) is 0 Å². The van der Waals surface area contributed by atoms with Gasteiger partial charge < -0.3 is 24.8 Å². The molecular formula is C16H16Cl2Zr. The molecule has 0 spiro atoms. The van der Waals surface area contributed by atoms with Gasteiger partial charge in [-0.15, -0.1) is 0 Å². The van der Waals surface area contributed by atoms with Crippen LogP contribution in [0.5, 0.6) is 0 Å². The molecule has 3 rings (SSSR count). The van der Waals surface area contributed by atoms with Crippen LogP contribution in [0.25, 0.3) is 5.57 Å². The second-order valence-corrected chi connectivity index (χ2v) is 9.77. The summed E-state index contributed by atoms with van der Waals surface area (Å²) in [6, 6.07) is 8.94. The van der Waals surface area contributed by atoms with Crippen LogP contribution in [0.15, 0.2) is 51.9 Å². The molecule has 0 radical (unpaired) electrons. The average Bonchev–Trinajstić information content (AvgIpc) is 2.89. The minimum Gasteiger partial charge on any atom is -1.00 e. The Bertz CT molecular complexity index is 558. The zero-order valence-electron chi connectivity index (χ0n) is 11.1. The number of allylic oxidation sites excluding steroid dienone is 6. The van der Waals surface area contributed by atoms with Gasteiger partial charge in [-0.1, -0.05) is 0 Å². The summed E-state index contributed by atoms with van der Waals surface area (Å²) in [5, 5.41) is 0. The first-order valence-corrected chi connectivity index (χ1v) is 8.58. The number of rotatable bonds is 2. The van der Waals surface area contributed by atoms with Gasteiger partial charge in [0.2, 0.25) is 0 Å². The smallest absolute Gasteiger partial charge is 1.00 e. The van der Waals surface area contributed by atoms with Crippen molar-refractivity contribution in [3.63, 3.8) is 0 Å². The van der Waals surface area contributed by atoms with Gasteiger partial charge in [0.25, 0.3) is 0 Å². The number of fused-ring (bicyclic) bond motifs is 1. The number of benzene rings is 1. The van der Waals surface area contributed by atoms with E-state index in [0.717, 1.165) is 0 Å². The Balaban J connectivity index is 0.000000902. The zero-order valence-corrected chi connectivity index (χ0v) is 15.1. The fraction of sp³-hybridized carbons (Fsp3) is 0.250. The van der Waals surface area contributed by atoms with E-state index in [4.69, 9.17) is 0 Å². The molecule has 0 fully saturated rings. The summed E-state index contributed by atoms with van der Waals surface area (Å²) in [6.45, 7) is 4.69. The van der Waals surface area contributed by atoms with E-state index in [1.165, 1.54) is 17.6 Å². The maximum Gasteiger partial charge on any atom is -1.00 e. The molecule has 0 aromatic heterocycles. The standard InChI is InChI=1S/C11H11.C5H5.2ClH.Zr/c1-8-7-9(2)11-6-4-3-5-10(8)11;1-2-4-5-3-1;;;/h3-7H,1-2H3;1-3H,4H2;2*1H;/q;;;;+2/p-2. The third-order valence-electron chi connectivity index (χ3n) is 3.61. The van der Waals surface area contributed by atoms with Crippen molar-refractivity contribution < 1.29 is 48.0 Å². The summed E-state index contributed by atoms with van der Waals surface area (Å²) < 4.78 is 2.08. The predicted octanol–water partition coefficient (Wildman–Crippen LogP) is -1.75. The van der Waals surface area contributed by atoms with Gasteiger partial charge >= 0.3 is 115 Å².